The average Bonchev–Trinajstić information content (AvgIpc) is 2.65. The maximum atomic E-state index is 12.8. The molecule has 0 heterocycles. The van der Waals surface area contributed by atoms with Crippen LogP contribution in [0.5, 0.6) is 0 Å². The van der Waals surface area contributed by atoms with E-state index in [1.165, 1.54) is 18.2 Å². The largest absolute Gasteiger partial charge is 0.463 e. The van der Waals surface area contributed by atoms with Crippen molar-refractivity contribution in [2.45, 2.75) is 40.3 Å². The number of carbonyl (C=O) groups excluding carboxylic acids is 2. The van der Waals surface area contributed by atoms with Crippen LogP contribution in [0.2, 0.25) is 0 Å². The summed E-state index contributed by atoms with van der Waals surface area (Å²) in [7, 11) is 0. The second kappa shape index (κ2) is 11.7. The maximum Gasteiger partial charge on any atom is 0.330 e. The normalized spacial score (nSPS) is 13.3. The van der Waals surface area contributed by atoms with Gasteiger partial charge in [-0.2, -0.15) is 0 Å². The lowest BCUT2D eigenvalue weighted by atomic mass is 10.0. The first-order chi connectivity index (χ1) is 12.9. The Kier molecular flexibility index (Phi) is 9.58. The molecule has 0 saturated heterocycles. The lowest BCUT2D eigenvalue weighted by Crippen LogP contribution is -2.41. The molecule has 0 unspecified atom stereocenters. The zero-order chi connectivity index (χ0) is 20.2. The Morgan fingerprint density at radius 3 is 2.41 bits per heavy atom. The molecule has 1 N–H and O–H groups in total. The van der Waals surface area contributed by atoms with Gasteiger partial charge in [-0.3, -0.25) is 4.79 Å². The highest BCUT2D eigenvalue weighted by Gasteiger charge is 2.23. The molecule has 1 amide bonds. The molecule has 27 heavy (non-hydrogen) atoms. The highest BCUT2D eigenvalue weighted by molar-refractivity contribution is 5.99. The number of nitrogens with zero attached hydrogens (tertiary/aromatic N) is 2. The van der Waals surface area contributed by atoms with E-state index in [1.54, 1.807) is 24.8 Å². The number of benzene rings is 1. The van der Waals surface area contributed by atoms with Gasteiger partial charge in [-0.25, -0.2) is 4.79 Å². The van der Waals surface area contributed by atoms with Gasteiger partial charge in [0.1, 0.15) is 0 Å². The minimum absolute atomic E-state index is 0.0735. The number of ether oxygens (including phenoxy) is 1. The SMILES string of the molecule is CCOC(=O)/C=C/[C@H](C(C)C)N(Cc1ccccc1)C(=O)/C=C/C(C)=N\O. The Bertz CT molecular complexity index is 693. The van der Waals surface area contributed by atoms with E-state index in [0.717, 1.165) is 5.56 Å². The predicted octanol–water partition coefficient (Wildman–Crippen LogP) is 3.57. The molecule has 0 aliphatic rings. The lowest BCUT2D eigenvalue weighted by molar-refractivity contribution is -0.137. The van der Waals surface area contributed by atoms with Gasteiger partial charge >= 0.3 is 5.97 Å². The fourth-order valence-electron chi connectivity index (χ4n) is 2.48. The van der Waals surface area contributed by atoms with E-state index in [1.807, 2.05) is 44.2 Å². The molecule has 0 aliphatic heterocycles. The summed E-state index contributed by atoms with van der Waals surface area (Å²) in [6.45, 7) is 7.98. The molecule has 146 valence electrons. The number of oxime groups is 1. The van der Waals surface area contributed by atoms with Crippen LogP contribution < -0.4 is 0 Å². The average molecular weight is 372 g/mol. The zero-order valence-corrected chi connectivity index (χ0v) is 16.3. The summed E-state index contributed by atoms with van der Waals surface area (Å²) in [5.74, 6) is -0.604. The highest BCUT2D eigenvalue weighted by Crippen LogP contribution is 2.17. The second-order valence-corrected chi connectivity index (χ2v) is 6.37. The van der Waals surface area contributed by atoms with Crippen molar-refractivity contribution in [3.63, 3.8) is 0 Å². The molecular weight excluding hydrogens is 344 g/mol. The Balaban J connectivity index is 3.16. The molecule has 6 heteroatoms. The van der Waals surface area contributed by atoms with E-state index < -0.39 is 5.97 Å². The summed E-state index contributed by atoms with van der Waals surface area (Å²) in [5, 5.41) is 11.8. The molecule has 0 radical (unpaired) electrons. The van der Waals surface area contributed by atoms with Crippen LogP contribution in [-0.2, 0) is 20.9 Å². The molecule has 0 spiro atoms. The van der Waals surface area contributed by atoms with Crippen LogP contribution in [0.3, 0.4) is 0 Å². The molecule has 1 atom stereocenters. The summed E-state index contributed by atoms with van der Waals surface area (Å²) < 4.78 is 4.94. The monoisotopic (exact) mass is 372 g/mol. The third-order valence-electron chi connectivity index (χ3n) is 3.86. The van der Waals surface area contributed by atoms with Gasteiger partial charge in [0, 0.05) is 18.7 Å². The van der Waals surface area contributed by atoms with E-state index in [2.05, 4.69) is 5.16 Å². The number of hydrogen-bond donors (Lipinski definition) is 1. The number of carbonyl (C=O) groups is 2. The van der Waals surface area contributed by atoms with Crippen molar-refractivity contribution in [1.82, 2.24) is 4.90 Å². The zero-order valence-electron chi connectivity index (χ0n) is 16.3. The second-order valence-electron chi connectivity index (χ2n) is 6.37. The van der Waals surface area contributed by atoms with Gasteiger partial charge in [-0.15, -0.1) is 0 Å². The Morgan fingerprint density at radius 1 is 1.19 bits per heavy atom. The van der Waals surface area contributed by atoms with Crippen LogP contribution >= 0.6 is 0 Å². The van der Waals surface area contributed by atoms with Gasteiger partial charge in [0.25, 0.3) is 0 Å². The Hall–Kier alpha value is -2.89. The van der Waals surface area contributed by atoms with Crippen LogP contribution in [0.1, 0.15) is 33.3 Å². The fourth-order valence-corrected chi connectivity index (χ4v) is 2.48. The van der Waals surface area contributed by atoms with E-state index >= 15 is 0 Å². The number of hydrogen-bond acceptors (Lipinski definition) is 5. The van der Waals surface area contributed by atoms with Gasteiger partial charge in [-0.1, -0.05) is 55.4 Å². The summed E-state index contributed by atoms with van der Waals surface area (Å²) in [6.07, 6.45) is 5.88. The Morgan fingerprint density at radius 2 is 1.85 bits per heavy atom. The van der Waals surface area contributed by atoms with E-state index in [-0.39, 0.29) is 17.9 Å². The molecule has 0 fully saturated rings. The topological polar surface area (TPSA) is 79.2 Å². The third-order valence-corrected chi connectivity index (χ3v) is 3.86. The van der Waals surface area contributed by atoms with Gasteiger partial charge in [0.15, 0.2) is 0 Å². The van der Waals surface area contributed by atoms with Crippen molar-refractivity contribution in [2.24, 2.45) is 11.1 Å². The minimum atomic E-state index is -0.436. The number of rotatable bonds is 9. The standard InChI is InChI=1S/C21H28N2O4/c1-5-27-21(25)14-12-19(16(2)3)23(15-18-9-7-6-8-10-18)20(24)13-11-17(4)22-26/h6-14,16,19,26H,5,15H2,1-4H3/b13-11+,14-12+,22-17-/t19-/m1/s1. The van der Waals surface area contributed by atoms with E-state index in [4.69, 9.17) is 9.94 Å². The van der Waals surface area contributed by atoms with Crippen LogP contribution in [0.15, 0.2) is 59.8 Å². The summed E-state index contributed by atoms with van der Waals surface area (Å²) >= 11 is 0. The highest BCUT2D eigenvalue weighted by atomic mass is 16.5. The molecule has 6 nitrogen and oxygen atoms in total. The number of allylic oxidation sites excluding steroid dienone is 1. The molecule has 1 rings (SSSR count). The first-order valence-electron chi connectivity index (χ1n) is 8.95. The quantitative estimate of drug-likeness (QED) is 0.236. The van der Waals surface area contributed by atoms with Crippen LogP contribution in [0, 0.1) is 5.92 Å². The molecule has 0 bridgehead atoms. The van der Waals surface area contributed by atoms with Crippen molar-refractivity contribution in [1.29, 1.82) is 0 Å². The molecule has 1 aromatic rings. The lowest BCUT2D eigenvalue weighted by Gasteiger charge is -2.32. The van der Waals surface area contributed by atoms with E-state index in [0.29, 0.717) is 18.9 Å². The minimum Gasteiger partial charge on any atom is -0.463 e. The van der Waals surface area contributed by atoms with Crippen molar-refractivity contribution >= 4 is 17.6 Å². The van der Waals surface area contributed by atoms with Crippen molar-refractivity contribution in [2.75, 3.05) is 6.61 Å². The third kappa shape index (κ3) is 7.90. The van der Waals surface area contributed by atoms with Crippen LogP contribution in [0.4, 0.5) is 0 Å². The van der Waals surface area contributed by atoms with E-state index in [9.17, 15) is 9.59 Å². The van der Waals surface area contributed by atoms with Gasteiger partial charge in [-0.05, 0) is 31.4 Å². The van der Waals surface area contributed by atoms with Crippen LogP contribution in [0.25, 0.3) is 0 Å². The van der Waals surface area contributed by atoms with Gasteiger partial charge < -0.3 is 14.8 Å². The van der Waals surface area contributed by atoms with Gasteiger partial charge in [0.05, 0.1) is 18.4 Å². The summed E-state index contributed by atoms with van der Waals surface area (Å²) in [6, 6.07) is 9.31. The summed E-state index contributed by atoms with van der Waals surface area (Å²) in [4.78, 5) is 26.2. The molecule has 1 aromatic carbocycles. The maximum absolute atomic E-state index is 12.8. The molecule has 0 aromatic heterocycles. The van der Waals surface area contributed by atoms with Crippen LogP contribution in [-0.4, -0.2) is 40.3 Å². The number of amides is 1. The molecule has 0 saturated carbocycles. The smallest absolute Gasteiger partial charge is 0.330 e. The first-order valence-corrected chi connectivity index (χ1v) is 8.95. The molecule has 0 aliphatic carbocycles. The van der Waals surface area contributed by atoms with Gasteiger partial charge in [0.2, 0.25) is 5.91 Å². The number of esters is 1. The van der Waals surface area contributed by atoms with Crippen molar-refractivity contribution in [3.8, 4) is 0 Å². The predicted molar refractivity (Wildman–Crippen MR) is 105 cm³/mol. The Labute approximate surface area is 160 Å². The van der Waals surface area contributed by atoms with Crippen molar-refractivity contribution in [3.05, 3.63) is 60.2 Å². The first kappa shape index (κ1) is 22.2. The fraction of sp³-hybridized carbons (Fsp3) is 0.381. The van der Waals surface area contributed by atoms with Crippen molar-refractivity contribution < 1.29 is 19.5 Å². The summed E-state index contributed by atoms with van der Waals surface area (Å²) in [5.41, 5.74) is 1.30. The molecular formula is C21H28N2O4.